The number of aromatic nitrogens is 1. The van der Waals surface area contributed by atoms with Crippen molar-refractivity contribution in [3.63, 3.8) is 0 Å². The molecule has 0 saturated carbocycles. The van der Waals surface area contributed by atoms with E-state index >= 15 is 0 Å². The van der Waals surface area contributed by atoms with Crippen molar-refractivity contribution in [2.24, 2.45) is 0 Å². The van der Waals surface area contributed by atoms with E-state index in [0.717, 1.165) is 22.6 Å². The van der Waals surface area contributed by atoms with Crippen LogP contribution in [0.15, 0.2) is 42.5 Å². The van der Waals surface area contributed by atoms with Crippen LogP contribution in [0.2, 0.25) is 0 Å². The molecule has 2 N–H and O–H groups in total. The second-order valence-electron chi connectivity index (χ2n) is 6.20. The van der Waals surface area contributed by atoms with Gasteiger partial charge in [-0.1, -0.05) is 41.2 Å². The zero-order chi connectivity index (χ0) is 18.0. The third-order valence-electron chi connectivity index (χ3n) is 3.90. The zero-order valence-corrected chi connectivity index (χ0v) is 15.6. The number of anilines is 3. The lowest BCUT2D eigenvalue weighted by Crippen LogP contribution is -2.12. The number of carbonyl (C=O) groups excluding carboxylic acids is 1. The van der Waals surface area contributed by atoms with Crippen LogP contribution >= 0.6 is 11.3 Å². The summed E-state index contributed by atoms with van der Waals surface area (Å²) in [5.41, 5.74) is 5.92. The van der Waals surface area contributed by atoms with E-state index in [4.69, 9.17) is 0 Å². The van der Waals surface area contributed by atoms with E-state index in [-0.39, 0.29) is 5.91 Å². The van der Waals surface area contributed by atoms with Crippen molar-refractivity contribution in [3.05, 3.63) is 69.7 Å². The maximum absolute atomic E-state index is 12.6. The number of nitrogens with zero attached hydrogens (tertiary/aromatic N) is 1. The molecule has 1 heterocycles. The van der Waals surface area contributed by atoms with Crippen molar-refractivity contribution in [3.8, 4) is 0 Å². The minimum Gasteiger partial charge on any atom is -0.332 e. The van der Waals surface area contributed by atoms with E-state index in [2.05, 4.69) is 21.7 Å². The van der Waals surface area contributed by atoms with Crippen LogP contribution in [-0.2, 0) is 0 Å². The number of thiazole rings is 1. The second kappa shape index (κ2) is 7.07. The van der Waals surface area contributed by atoms with E-state index in [0.29, 0.717) is 10.0 Å². The molecule has 0 aliphatic rings. The van der Waals surface area contributed by atoms with E-state index in [1.807, 2.05) is 64.1 Å². The lowest BCUT2D eigenvalue weighted by atomic mass is 10.1. The van der Waals surface area contributed by atoms with Crippen molar-refractivity contribution in [1.82, 2.24) is 4.98 Å². The highest BCUT2D eigenvalue weighted by Gasteiger charge is 2.16. The van der Waals surface area contributed by atoms with Gasteiger partial charge < -0.3 is 10.6 Å². The number of amides is 1. The summed E-state index contributed by atoms with van der Waals surface area (Å²) in [6, 6.07) is 14.1. The third kappa shape index (κ3) is 4.06. The fraction of sp³-hybridized carbons (Fsp3) is 0.200. The lowest BCUT2D eigenvalue weighted by molar-refractivity contribution is 0.102. The van der Waals surface area contributed by atoms with Gasteiger partial charge in [0.05, 0.1) is 5.69 Å². The molecular formula is C20H21N3OS. The first-order valence-electron chi connectivity index (χ1n) is 8.12. The highest BCUT2D eigenvalue weighted by Crippen LogP contribution is 2.27. The summed E-state index contributed by atoms with van der Waals surface area (Å²) < 4.78 is 0. The topological polar surface area (TPSA) is 54.0 Å². The molecule has 0 radical (unpaired) electrons. The highest BCUT2D eigenvalue weighted by atomic mass is 32.1. The smallest absolute Gasteiger partial charge is 0.267 e. The van der Waals surface area contributed by atoms with E-state index in [1.165, 1.54) is 22.5 Å². The average molecular weight is 351 g/mol. The van der Waals surface area contributed by atoms with E-state index in [9.17, 15) is 4.79 Å². The SMILES string of the molecule is Cc1cccc(Nc2nc(C)c(C(=O)Nc3ccc(C)cc3C)s2)c1. The normalized spacial score (nSPS) is 10.6. The molecule has 0 unspecified atom stereocenters. The van der Waals surface area contributed by atoms with Gasteiger partial charge in [0.2, 0.25) is 0 Å². The Bertz CT molecular complexity index is 930. The van der Waals surface area contributed by atoms with Gasteiger partial charge in [0.1, 0.15) is 4.88 Å². The van der Waals surface area contributed by atoms with Crippen molar-refractivity contribution in [1.29, 1.82) is 0 Å². The zero-order valence-electron chi connectivity index (χ0n) is 14.8. The minimum atomic E-state index is -0.126. The van der Waals surface area contributed by atoms with Crippen LogP contribution in [0.1, 0.15) is 32.1 Å². The Balaban J connectivity index is 1.78. The number of nitrogens with one attached hydrogen (secondary N) is 2. The Morgan fingerprint density at radius 1 is 1.00 bits per heavy atom. The monoisotopic (exact) mass is 351 g/mol. The predicted octanol–water partition coefficient (Wildman–Crippen LogP) is 5.37. The molecule has 128 valence electrons. The molecule has 0 aliphatic heterocycles. The Morgan fingerprint density at radius 3 is 2.48 bits per heavy atom. The van der Waals surface area contributed by atoms with Gasteiger partial charge in [-0.15, -0.1) is 0 Å². The summed E-state index contributed by atoms with van der Waals surface area (Å²) in [5.74, 6) is -0.126. The van der Waals surface area contributed by atoms with E-state index in [1.54, 1.807) is 0 Å². The molecule has 4 nitrogen and oxygen atoms in total. The van der Waals surface area contributed by atoms with Gasteiger partial charge in [0.25, 0.3) is 5.91 Å². The van der Waals surface area contributed by atoms with Crippen LogP contribution < -0.4 is 10.6 Å². The van der Waals surface area contributed by atoms with Gasteiger partial charge in [-0.3, -0.25) is 4.79 Å². The largest absolute Gasteiger partial charge is 0.332 e. The molecule has 0 aliphatic carbocycles. The Hall–Kier alpha value is -2.66. The molecule has 3 rings (SSSR count). The summed E-state index contributed by atoms with van der Waals surface area (Å²) in [4.78, 5) is 17.7. The van der Waals surface area contributed by atoms with Gasteiger partial charge in [0.15, 0.2) is 5.13 Å². The van der Waals surface area contributed by atoms with E-state index < -0.39 is 0 Å². The number of aryl methyl sites for hydroxylation is 4. The molecule has 1 aromatic heterocycles. The van der Waals surface area contributed by atoms with Gasteiger partial charge in [-0.05, 0) is 57.0 Å². The molecule has 1 amide bonds. The number of hydrogen-bond donors (Lipinski definition) is 2. The minimum absolute atomic E-state index is 0.126. The van der Waals surface area contributed by atoms with Gasteiger partial charge in [0, 0.05) is 11.4 Å². The molecule has 5 heteroatoms. The van der Waals surface area contributed by atoms with Crippen LogP contribution in [0.4, 0.5) is 16.5 Å². The summed E-state index contributed by atoms with van der Waals surface area (Å²) >= 11 is 1.36. The molecule has 2 aromatic carbocycles. The predicted molar refractivity (Wildman–Crippen MR) is 105 cm³/mol. The fourth-order valence-electron chi connectivity index (χ4n) is 2.64. The number of benzene rings is 2. The van der Waals surface area contributed by atoms with Crippen LogP contribution in [0.3, 0.4) is 0 Å². The van der Waals surface area contributed by atoms with Crippen LogP contribution in [0.5, 0.6) is 0 Å². The molecule has 3 aromatic rings. The summed E-state index contributed by atoms with van der Waals surface area (Å²) in [7, 11) is 0. The number of hydrogen-bond acceptors (Lipinski definition) is 4. The average Bonchev–Trinajstić information content (AvgIpc) is 2.90. The van der Waals surface area contributed by atoms with Gasteiger partial charge >= 0.3 is 0 Å². The molecule has 0 fully saturated rings. The molecule has 25 heavy (non-hydrogen) atoms. The maximum atomic E-state index is 12.6. The summed E-state index contributed by atoms with van der Waals surface area (Å²) in [6.45, 7) is 7.93. The molecule has 0 bridgehead atoms. The molecule has 0 saturated heterocycles. The van der Waals surface area contributed by atoms with Crippen LogP contribution in [0.25, 0.3) is 0 Å². The summed E-state index contributed by atoms with van der Waals surface area (Å²) in [5, 5.41) is 6.97. The van der Waals surface area contributed by atoms with Crippen molar-refractivity contribution in [2.45, 2.75) is 27.7 Å². The molecular weight excluding hydrogens is 330 g/mol. The first kappa shape index (κ1) is 17.2. The maximum Gasteiger partial charge on any atom is 0.267 e. The molecule has 0 spiro atoms. The standard InChI is InChI=1S/C20H21N3OS/c1-12-6-5-7-16(11-12)22-20-21-15(4)18(25-20)19(24)23-17-9-8-13(2)10-14(17)3/h5-11H,1-4H3,(H,21,22)(H,23,24). The van der Waals surface area contributed by atoms with Gasteiger partial charge in [-0.2, -0.15) is 0 Å². The fourth-order valence-corrected chi connectivity index (χ4v) is 3.52. The first-order chi connectivity index (χ1) is 11.9. The quantitative estimate of drug-likeness (QED) is 0.664. The lowest BCUT2D eigenvalue weighted by Gasteiger charge is -2.08. The second-order valence-corrected chi connectivity index (χ2v) is 7.20. The molecule has 0 atom stereocenters. The Labute approximate surface area is 151 Å². The Kier molecular flexibility index (Phi) is 4.86. The van der Waals surface area contributed by atoms with Crippen molar-refractivity contribution in [2.75, 3.05) is 10.6 Å². The summed E-state index contributed by atoms with van der Waals surface area (Å²) in [6.07, 6.45) is 0. The third-order valence-corrected chi connectivity index (χ3v) is 4.97. The van der Waals surface area contributed by atoms with Gasteiger partial charge in [-0.25, -0.2) is 4.98 Å². The highest BCUT2D eigenvalue weighted by molar-refractivity contribution is 7.17. The number of rotatable bonds is 4. The number of carbonyl (C=O) groups is 1. The van der Waals surface area contributed by atoms with Crippen molar-refractivity contribution >= 4 is 33.8 Å². The Morgan fingerprint density at radius 2 is 1.76 bits per heavy atom. The van der Waals surface area contributed by atoms with Crippen molar-refractivity contribution < 1.29 is 4.79 Å². The first-order valence-corrected chi connectivity index (χ1v) is 8.94. The van der Waals surface area contributed by atoms with Crippen LogP contribution in [-0.4, -0.2) is 10.9 Å². The van der Waals surface area contributed by atoms with Crippen LogP contribution in [0, 0.1) is 27.7 Å².